The lowest BCUT2D eigenvalue weighted by Crippen LogP contribution is -2.15. The summed E-state index contributed by atoms with van der Waals surface area (Å²) in [4.78, 5) is 12.5. The summed E-state index contributed by atoms with van der Waals surface area (Å²) in [6.07, 6.45) is 3.29. The van der Waals surface area contributed by atoms with Crippen molar-refractivity contribution in [3.8, 4) is 0 Å². The van der Waals surface area contributed by atoms with Gasteiger partial charge in [-0.2, -0.15) is 0 Å². The largest absolute Gasteiger partial charge is 0.295 e. The minimum absolute atomic E-state index is 0.212. The highest BCUT2D eigenvalue weighted by Crippen LogP contribution is 2.44. The maximum Gasteiger partial charge on any atom is 0.156 e. The second kappa shape index (κ2) is 7.20. The standard InChI is InChI=1S/C22H22Br2O/c1-12-13(2)15(4)22(24)21(14(12)3)17-9-16(10-18(25)11-17)19-7-5-6-8-20(19)23/h5-8,10,17H,9,11H2,1-4H3. The molecular weight excluding hydrogens is 440 g/mol. The Bertz CT molecular complexity index is 864. The van der Waals surface area contributed by atoms with Crippen LogP contribution < -0.4 is 0 Å². The molecule has 0 aliphatic heterocycles. The predicted octanol–water partition coefficient (Wildman–Crippen LogP) is 6.98. The van der Waals surface area contributed by atoms with Gasteiger partial charge in [0.2, 0.25) is 0 Å². The normalized spacial score (nSPS) is 17.6. The molecule has 0 aromatic heterocycles. The lowest BCUT2D eigenvalue weighted by atomic mass is 9.78. The lowest BCUT2D eigenvalue weighted by molar-refractivity contribution is -0.115. The Morgan fingerprint density at radius 1 is 0.880 bits per heavy atom. The van der Waals surface area contributed by atoms with Crippen LogP contribution in [-0.2, 0) is 4.79 Å². The summed E-state index contributed by atoms with van der Waals surface area (Å²) in [6, 6.07) is 8.14. The van der Waals surface area contributed by atoms with E-state index in [9.17, 15) is 4.79 Å². The van der Waals surface area contributed by atoms with E-state index in [2.05, 4.69) is 65.6 Å². The van der Waals surface area contributed by atoms with Crippen molar-refractivity contribution in [2.75, 3.05) is 0 Å². The molecule has 0 bridgehead atoms. The second-order valence-electron chi connectivity index (χ2n) is 6.95. The van der Waals surface area contributed by atoms with E-state index in [0.29, 0.717) is 6.42 Å². The van der Waals surface area contributed by atoms with Gasteiger partial charge in [0, 0.05) is 15.4 Å². The van der Waals surface area contributed by atoms with E-state index in [4.69, 9.17) is 0 Å². The molecule has 1 atom stereocenters. The Hall–Kier alpha value is -1.19. The number of benzene rings is 2. The Balaban J connectivity index is 2.08. The highest BCUT2D eigenvalue weighted by Gasteiger charge is 2.28. The van der Waals surface area contributed by atoms with Crippen molar-refractivity contribution in [2.24, 2.45) is 0 Å². The average Bonchev–Trinajstić information content (AvgIpc) is 2.58. The summed E-state index contributed by atoms with van der Waals surface area (Å²) >= 11 is 7.45. The number of carbonyl (C=O) groups is 1. The highest BCUT2D eigenvalue weighted by molar-refractivity contribution is 9.10. The van der Waals surface area contributed by atoms with Gasteiger partial charge in [-0.05, 0) is 91.1 Å². The fourth-order valence-corrected chi connectivity index (χ4v) is 5.25. The zero-order valence-corrected chi connectivity index (χ0v) is 18.2. The number of rotatable bonds is 2. The average molecular weight is 462 g/mol. The fraction of sp³-hybridized carbons (Fsp3) is 0.318. The Kier molecular flexibility index (Phi) is 5.36. The number of carbonyl (C=O) groups excluding carboxylic acids is 1. The molecule has 0 amide bonds. The molecule has 1 aliphatic rings. The van der Waals surface area contributed by atoms with Crippen LogP contribution in [0.15, 0.2) is 39.3 Å². The number of hydrogen-bond donors (Lipinski definition) is 0. The Morgan fingerprint density at radius 3 is 2.20 bits per heavy atom. The van der Waals surface area contributed by atoms with E-state index in [1.165, 1.54) is 32.3 Å². The molecule has 0 N–H and O–H groups in total. The van der Waals surface area contributed by atoms with Crippen LogP contribution in [0.3, 0.4) is 0 Å². The number of hydrogen-bond acceptors (Lipinski definition) is 1. The molecule has 0 fully saturated rings. The van der Waals surface area contributed by atoms with Crippen LogP contribution in [-0.4, -0.2) is 5.78 Å². The first-order valence-corrected chi connectivity index (χ1v) is 10.1. The van der Waals surface area contributed by atoms with Crippen molar-refractivity contribution < 1.29 is 4.79 Å². The first-order valence-electron chi connectivity index (χ1n) is 8.55. The molecule has 2 aromatic carbocycles. The molecule has 130 valence electrons. The molecule has 25 heavy (non-hydrogen) atoms. The summed E-state index contributed by atoms with van der Waals surface area (Å²) in [7, 11) is 0. The van der Waals surface area contributed by atoms with Gasteiger partial charge in [0.25, 0.3) is 0 Å². The minimum atomic E-state index is 0.212. The molecule has 2 aromatic rings. The quantitative estimate of drug-likeness (QED) is 0.471. The van der Waals surface area contributed by atoms with Gasteiger partial charge >= 0.3 is 0 Å². The Morgan fingerprint density at radius 2 is 1.52 bits per heavy atom. The van der Waals surface area contributed by atoms with E-state index in [0.717, 1.165) is 22.0 Å². The van der Waals surface area contributed by atoms with Gasteiger partial charge in [0.1, 0.15) is 0 Å². The van der Waals surface area contributed by atoms with E-state index in [-0.39, 0.29) is 11.7 Å². The van der Waals surface area contributed by atoms with Crippen molar-refractivity contribution in [1.29, 1.82) is 0 Å². The fourth-order valence-electron chi connectivity index (χ4n) is 3.79. The van der Waals surface area contributed by atoms with Crippen LogP contribution in [0.25, 0.3) is 5.57 Å². The molecular formula is C22H22Br2O. The van der Waals surface area contributed by atoms with Crippen molar-refractivity contribution >= 4 is 43.2 Å². The summed E-state index contributed by atoms with van der Waals surface area (Å²) < 4.78 is 2.21. The van der Waals surface area contributed by atoms with E-state index in [1.807, 2.05) is 24.3 Å². The van der Waals surface area contributed by atoms with Gasteiger partial charge in [-0.3, -0.25) is 4.79 Å². The van der Waals surface area contributed by atoms with Gasteiger partial charge in [-0.15, -0.1) is 0 Å². The van der Waals surface area contributed by atoms with Crippen molar-refractivity contribution in [2.45, 2.75) is 46.5 Å². The van der Waals surface area contributed by atoms with Crippen LogP contribution in [0.5, 0.6) is 0 Å². The van der Waals surface area contributed by atoms with Crippen LogP contribution >= 0.6 is 31.9 Å². The minimum Gasteiger partial charge on any atom is -0.295 e. The van der Waals surface area contributed by atoms with Crippen LogP contribution in [0.2, 0.25) is 0 Å². The van der Waals surface area contributed by atoms with Crippen molar-refractivity contribution in [3.63, 3.8) is 0 Å². The van der Waals surface area contributed by atoms with Crippen LogP contribution in [0.1, 0.15) is 52.1 Å². The van der Waals surface area contributed by atoms with Crippen molar-refractivity contribution in [3.05, 3.63) is 72.7 Å². The summed E-state index contributed by atoms with van der Waals surface area (Å²) in [6.45, 7) is 8.70. The molecule has 3 rings (SSSR count). The van der Waals surface area contributed by atoms with E-state index in [1.54, 1.807) is 0 Å². The molecule has 1 unspecified atom stereocenters. The van der Waals surface area contributed by atoms with Gasteiger partial charge < -0.3 is 0 Å². The zero-order valence-electron chi connectivity index (χ0n) is 15.0. The molecule has 1 aliphatic carbocycles. The topological polar surface area (TPSA) is 17.1 Å². The molecule has 3 heteroatoms. The maximum absolute atomic E-state index is 12.5. The third kappa shape index (κ3) is 3.41. The van der Waals surface area contributed by atoms with Crippen molar-refractivity contribution in [1.82, 2.24) is 0 Å². The molecule has 0 saturated carbocycles. The molecule has 1 nitrogen and oxygen atoms in total. The Labute approximate surface area is 166 Å². The van der Waals surface area contributed by atoms with Gasteiger partial charge in [-0.25, -0.2) is 0 Å². The molecule has 0 radical (unpaired) electrons. The number of halogens is 2. The van der Waals surface area contributed by atoms with E-state index >= 15 is 0 Å². The molecule has 0 heterocycles. The first kappa shape index (κ1) is 18.6. The summed E-state index contributed by atoms with van der Waals surface area (Å²) in [5, 5.41) is 0. The van der Waals surface area contributed by atoms with Gasteiger partial charge in [0.05, 0.1) is 0 Å². The third-order valence-corrected chi connectivity index (χ3v) is 7.25. The van der Waals surface area contributed by atoms with E-state index < -0.39 is 0 Å². The maximum atomic E-state index is 12.5. The number of ketones is 1. The van der Waals surface area contributed by atoms with Crippen LogP contribution in [0, 0.1) is 27.7 Å². The number of allylic oxidation sites excluding steroid dienone is 2. The van der Waals surface area contributed by atoms with Crippen LogP contribution in [0.4, 0.5) is 0 Å². The zero-order chi connectivity index (χ0) is 18.3. The molecule has 0 spiro atoms. The first-order chi connectivity index (χ1) is 11.8. The second-order valence-corrected chi connectivity index (χ2v) is 8.60. The lowest BCUT2D eigenvalue weighted by Gasteiger charge is -2.28. The highest BCUT2D eigenvalue weighted by atomic mass is 79.9. The monoisotopic (exact) mass is 460 g/mol. The summed E-state index contributed by atoms with van der Waals surface area (Å²) in [5.74, 6) is 0.427. The SMILES string of the molecule is Cc1c(C)c(C)c(C2CC(=O)C=C(c3ccccc3Br)C2)c(Br)c1C. The van der Waals surface area contributed by atoms with Gasteiger partial charge in [0.15, 0.2) is 5.78 Å². The predicted molar refractivity (Wildman–Crippen MR) is 112 cm³/mol. The third-order valence-electron chi connectivity index (χ3n) is 5.53. The smallest absolute Gasteiger partial charge is 0.156 e. The molecule has 0 saturated heterocycles. The summed E-state index contributed by atoms with van der Waals surface area (Å²) in [5.41, 5.74) is 8.79. The van der Waals surface area contributed by atoms with Gasteiger partial charge in [-0.1, -0.05) is 50.1 Å².